The molecule has 0 saturated carbocycles. The second kappa shape index (κ2) is 3.95. The third-order valence-electron chi connectivity index (χ3n) is 3.34. The lowest BCUT2D eigenvalue weighted by molar-refractivity contribution is 0.668. The quantitative estimate of drug-likeness (QED) is 0.488. The summed E-state index contributed by atoms with van der Waals surface area (Å²) in [6.45, 7) is 0. The number of nitrogens with zero attached hydrogens (tertiary/aromatic N) is 1. The molecule has 2 aromatic carbocycles. The normalized spacial score (nSPS) is 11.2. The summed E-state index contributed by atoms with van der Waals surface area (Å²) >= 11 is 0. The molecule has 2 heteroatoms. The molecule has 0 saturated heterocycles. The summed E-state index contributed by atoms with van der Waals surface area (Å²) in [6.07, 6.45) is 1.80. The van der Waals surface area contributed by atoms with Gasteiger partial charge >= 0.3 is 0 Å². The van der Waals surface area contributed by atoms with E-state index < -0.39 is 0 Å². The van der Waals surface area contributed by atoms with Crippen LogP contribution < -0.4 is 0 Å². The van der Waals surface area contributed by atoms with Crippen molar-refractivity contribution in [3.63, 3.8) is 0 Å². The fourth-order valence-electron chi connectivity index (χ4n) is 2.48. The van der Waals surface area contributed by atoms with E-state index >= 15 is 0 Å². The molecule has 0 amide bonds. The van der Waals surface area contributed by atoms with Crippen molar-refractivity contribution in [2.45, 2.75) is 0 Å². The average Bonchev–Trinajstić information content (AvgIpc) is 2.86. The number of fused-ring (bicyclic) bond motifs is 3. The number of benzene rings is 2. The van der Waals surface area contributed by atoms with Crippen molar-refractivity contribution in [1.82, 2.24) is 4.98 Å². The molecule has 2 nitrogen and oxygen atoms in total. The maximum atomic E-state index is 5.87. The van der Waals surface area contributed by atoms with Gasteiger partial charge in [0.1, 0.15) is 11.2 Å². The molecular formula is C17H11NO. The van der Waals surface area contributed by atoms with Crippen molar-refractivity contribution < 1.29 is 4.42 Å². The Morgan fingerprint density at radius 3 is 2.42 bits per heavy atom. The van der Waals surface area contributed by atoms with Gasteiger partial charge in [0.05, 0.1) is 11.1 Å². The van der Waals surface area contributed by atoms with Crippen LogP contribution in [0.4, 0.5) is 0 Å². The van der Waals surface area contributed by atoms with E-state index in [2.05, 4.69) is 23.2 Å². The molecule has 0 radical (unpaired) electrons. The Morgan fingerprint density at radius 2 is 1.53 bits per heavy atom. The van der Waals surface area contributed by atoms with Gasteiger partial charge in [-0.15, -0.1) is 0 Å². The van der Waals surface area contributed by atoms with Crippen LogP contribution in [0.1, 0.15) is 0 Å². The van der Waals surface area contributed by atoms with Gasteiger partial charge in [0, 0.05) is 17.1 Å². The molecule has 0 spiro atoms. The molecule has 2 aromatic heterocycles. The minimum atomic E-state index is 0.884. The first kappa shape index (κ1) is 10.3. The van der Waals surface area contributed by atoms with Crippen LogP contribution in [0.3, 0.4) is 0 Å². The first-order valence-electron chi connectivity index (χ1n) is 6.25. The van der Waals surface area contributed by atoms with Crippen LogP contribution in [-0.2, 0) is 0 Å². The van der Waals surface area contributed by atoms with E-state index in [1.807, 2.05) is 42.5 Å². The van der Waals surface area contributed by atoms with Crippen molar-refractivity contribution in [2.75, 3.05) is 0 Å². The number of rotatable bonds is 1. The number of pyridine rings is 1. The van der Waals surface area contributed by atoms with Gasteiger partial charge in [-0.1, -0.05) is 48.5 Å². The first-order chi connectivity index (χ1) is 9.43. The molecule has 2 heterocycles. The summed E-state index contributed by atoms with van der Waals surface area (Å²) in [5, 5.41) is 2.20. The SMILES string of the molecule is c1ccc(-c2nccc3oc4ccccc4c23)cc1. The highest BCUT2D eigenvalue weighted by atomic mass is 16.3. The zero-order chi connectivity index (χ0) is 12.7. The zero-order valence-electron chi connectivity index (χ0n) is 10.2. The van der Waals surface area contributed by atoms with Crippen molar-refractivity contribution in [3.05, 3.63) is 66.9 Å². The fraction of sp³-hybridized carbons (Fsp3) is 0. The Labute approximate surface area is 110 Å². The highest BCUT2D eigenvalue weighted by Crippen LogP contribution is 2.34. The van der Waals surface area contributed by atoms with E-state index in [4.69, 9.17) is 4.42 Å². The first-order valence-corrected chi connectivity index (χ1v) is 6.25. The van der Waals surface area contributed by atoms with Crippen LogP contribution in [0.25, 0.3) is 33.2 Å². The summed E-state index contributed by atoms with van der Waals surface area (Å²) in [5.41, 5.74) is 3.88. The van der Waals surface area contributed by atoms with Gasteiger partial charge in [0.2, 0.25) is 0 Å². The van der Waals surface area contributed by atoms with Gasteiger partial charge in [-0.25, -0.2) is 0 Å². The molecule has 0 aliphatic heterocycles. The lowest BCUT2D eigenvalue weighted by Crippen LogP contribution is -1.83. The van der Waals surface area contributed by atoms with Crippen LogP contribution in [0, 0.1) is 0 Å². The Hall–Kier alpha value is -2.61. The monoisotopic (exact) mass is 245 g/mol. The Morgan fingerprint density at radius 1 is 0.737 bits per heavy atom. The minimum Gasteiger partial charge on any atom is -0.456 e. The van der Waals surface area contributed by atoms with Crippen molar-refractivity contribution in [3.8, 4) is 11.3 Å². The van der Waals surface area contributed by atoms with E-state index in [1.165, 1.54) is 0 Å². The molecule has 0 unspecified atom stereocenters. The molecule has 90 valence electrons. The van der Waals surface area contributed by atoms with Gasteiger partial charge < -0.3 is 4.42 Å². The number of hydrogen-bond acceptors (Lipinski definition) is 2. The molecule has 0 bridgehead atoms. The molecule has 0 aliphatic carbocycles. The second-order valence-electron chi connectivity index (χ2n) is 4.50. The molecule has 0 N–H and O–H groups in total. The van der Waals surface area contributed by atoms with Crippen LogP contribution in [0.15, 0.2) is 71.3 Å². The Bertz CT molecular complexity index is 862. The summed E-state index contributed by atoms with van der Waals surface area (Å²) in [4.78, 5) is 4.54. The lowest BCUT2D eigenvalue weighted by Gasteiger charge is -2.01. The van der Waals surface area contributed by atoms with E-state index in [-0.39, 0.29) is 0 Å². The molecule has 0 aliphatic rings. The summed E-state index contributed by atoms with van der Waals surface area (Å²) in [7, 11) is 0. The highest BCUT2D eigenvalue weighted by molar-refractivity contribution is 6.11. The third kappa shape index (κ3) is 1.54. The summed E-state index contributed by atoms with van der Waals surface area (Å²) in [5.74, 6) is 0. The Kier molecular flexibility index (Phi) is 2.15. The number of hydrogen-bond donors (Lipinski definition) is 0. The summed E-state index contributed by atoms with van der Waals surface area (Å²) in [6, 6.07) is 20.2. The van der Waals surface area contributed by atoms with Crippen LogP contribution in [0.2, 0.25) is 0 Å². The zero-order valence-corrected chi connectivity index (χ0v) is 10.2. The molecule has 19 heavy (non-hydrogen) atoms. The smallest absolute Gasteiger partial charge is 0.139 e. The largest absolute Gasteiger partial charge is 0.456 e. The summed E-state index contributed by atoms with van der Waals surface area (Å²) < 4.78 is 5.87. The standard InChI is InChI=1S/C17H11NO/c1-2-6-12(7-3-1)17-16-13-8-4-5-9-14(13)19-15(16)10-11-18-17/h1-11H. The van der Waals surface area contributed by atoms with Gasteiger partial charge in [-0.05, 0) is 12.1 Å². The fourth-order valence-corrected chi connectivity index (χ4v) is 2.48. The van der Waals surface area contributed by atoms with Crippen LogP contribution in [0.5, 0.6) is 0 Å². The highest BCUT2D eigenvalue weighted by Gasteiger charge is 2.12. The molecule has 4 aromatic rings. The second-order valence-corrected chi connectivity index (χ2v) is 4.50. The maximum absolute atomic E-state index is 5.87. The van der Waals surface area contributed by atoms with Crippen molar-refractivity contribution in [1.29, 1.82) is 0 Å². The number of aromatic nitrogens is 1. The topological polar surface area (TPSA) is 26.0 Å². The van der Waals surface area contributed by atoms with Gasteiger partial charge in [0.25, 0.3) is 0 Å². The van der Waals surface area contributed by atoms with E-state index in [9.17, 15) is 0 Å². The van der Waals surface area contributed by atoms with Crippen LogP contribution >= 0.6 is 0 Å². The van der Waals surface area contributed by atoms with E-state index in [1.54, 1.807) is 6.20 Å². The number of furan rings is 1. The predicted octanol–water partition coefficient (Wildman–Crippen LogP) is 4.65. The van der Waals surface area contributed by atoms with Gasteiger partial charge in [-0.2, -0.15) is 0 Å². The molecule has 4 rings (SSSR count). The molecular weight excluding hydrogens is 234 g/mol. The molecule has 0 fully saturated rings. The van der Waals surface area contributed by atoms with Gasteiger partial charge in [0.15, 0.2) is 0 Å². The van der Waals surface area contributed by atoms with Crippen molar-refractivity contribution in [2.24, 2.45) is 0 Å². The van der Waals surface area contributed by atoms with E-state index in [0.717, 1.165) is 33.2 Å². The number of para-hydroxylation sites is 1. The van der Waals surface area contributed by atoms with Crippen LogP contribution in [-0.4, -0.2) is 4.98 Å². The maximum Gasteiger partial charge on any atom is 0.139 e. The Balaban J connectivity index is 2.17. The predicted molar refractivity (Wildman–Crippen MR) is 77.0 cm³/mol. The molecule has 0 atom stereocenters. The van der Waals surface area contributed by atoms with Gasteiger partial charge in [-0.3, -0.25) is 4.98 Å². The lowest BCUT2D eigenvalue weighted by atomic mass is 10.1. The minimum absolute atomic E-state index is 0.884. The van der Waals surface area contributed by atoms with Crippen molar-refractivity contribution >= 4 is 21.9 Å². The average molecular weight is 245 g/mol. The third-order valence-corrected chi connectivity index (χ3v) is 3.34. The van der Waals surface area contributed by atoms with E-state index in [0.29, 0.717) is 0 Å².